The van der Waals surface area contributed by atoms with Crippen molar-refractivity contribution in [1.82, 2.24) is 4.90 Å². The molecule has 3 aromatic rings. The van der Waals surface area contributed by atoms with E-state index < -0.39 is 21.8 Å². The lowest BCUT2D eigenvalue weighted by atomic mass is 9.96. The normalized spacial score (nSPS) is 14.3. The summed E-state index contributed by atoms with van der Waals surface area (Å²) in [6.45, 7) is 4.40. The molecule has 0 radical (unpaired) electrons. The Morgan fingerprint density at radius 3 is 2.19 bits per heavy atom. The molecule has 194 valence electrons. The number of anilines is 1. The van der Waals surface area contributed by atoms with E-state index in [2.05, 4.69) is 0 Å². The Labute approximate surface area is 216 Å². The highest BCUT2D eigenvalue weighted by atomic mass is 32.2. The van der Waals surface area contributed by atoms with Crippen LogP contribution in [-0.2, 0) is 14.8 Å². The van der Waals surface area contributed by atoms with Crippen LogP contribution >= 0.6 is 0 Å². The van der Waals surface area contributed by atoms with Crippen LogP contribution < -0.4 is 9.04 Å². The SMILES string of the molecule is Cc1ccc(C)c(S(=O)(=O)N(C)c2ccc(OC(=O)C3CCN(C(=O)c4ccc(F)cc4)CC3)cc2)c1. The molecule has 4 rings (SSSR count). The van der Waals surface area contributed by atoms with Gasteiger partial charge in [0.25, 0.3) is 15.9 Å². The number of rotatable bonds is 6. The van der Waals surface area contributed by atoms with E-state index in [-0.39, 0.29) is 16.7 Å². The third-order valence-electron chi connectivity index (χ3n) is 6.61. The smallest absolute Gasteiger partial charge is 0.314 e. The van der Waals surface area contributed by atoms with Crippen LogP contribution in [0.4, 0.5) is 10.1 Å². The number of aryl methyl sites for hydroxylation is 2. The first-order valence-electron chi connectivity index (χ1n) is 12.0. The van der Waals surface area contributed by atoms with E-state index in [0.29, 0.717) is 48.5 Å². The molecule has 37 heavy (non-hydrogen) atoms. The van der Waals surface area contributed by atoms with Crippen LogP contribution in [0.15, 0.2) is 71.6 Å². The van der Waals surface area contributed by atoms with Crippen LogP contribution in [0.1, 0.15) is 34.3 Å². The first-order chi connectivity index (χ1) is 17.6. The standard InChI is InChI=1S/C28H29FN2O5S/c1-19-4-5-20(2)26(18-19)37(34,35)30(3)24-10-12-25(13-11-24)36-28(33)22-14-16-31(17-15-22)27(32)21-6-8-23(29)9-7-21/h4-13,18,22H,14-17H2,1-3H3. The molecule has 1 amide bonds. The Kier molecular flexibility index (Phi) is 7.63. The number of nitrogens with zero attached hydrogens (tertiary/aromatic N) is 2. The lowest BCUT2D eigenvalue weighted by Gasteiger charge is -2.31. The van der Waals surface area contributed by atoms with Crippen molar-refractivity contribution in [3.63, 3.8) is 0 Å². The Morgan fingerprint density at radius 2 is 1.57 bits per heavy atom. The predicted octanol–water partition coefficient (Wildman–Crippen LogP) is 4.73. The van der Waals surface area contributed by atoms with Gasteiger partial charge in [-0.25, -0.2) is 12.8 Å². The maximum Gasteiger partial charge on any atom is 0.314 e. The average molecular weight is 525 g/mol. The second kappa shape index (κ2) is 10.7. The van der Waals surface area contributed by atoms with Crippen molar-refractivity contribution in [3.05, 3.63) is 89.2 Å². The summed E-state index contributed by atoms with van der Waals surface area (Å²) in [5.41, 5.74) is 2.36. The van der Waals surface area contributed by atoms with Crippen LogP contribution in [0.2, 0.25) is 0 Å². The number of likely N-dealkylation sites (tertiary alicyclic amines) is 1. The van der Waals surface area contributed by atoms with Gasteiger partial charge in [0.15, 0.2) is 0 Å². The quantitative estimate of drug-likeness (QED) is 0.344. The minimum atomic E-state index is -3.76. The Balaban J connectivity index is 1.35. The fourth-order valence-electron chi connectivity index (χ4n) is 4.29. The van der Waals surface area contributed by atoms with Gasteiger partial charge in [0, 0.05) is 25.7 Å². The molecule has 9 heteroatoms. The number of halogens is 1. The van der Waals surface area contributed by atoms with Crippen LogP contribution in [0.5, 0.6) is 5.75 Å². The van der Waals surface area contributed by atoms with Gasteiger partial charge >= 0.3 is 5.97 Å². The number of hydrogen-bond acceptors (Lipinski definition) is 5. The number of carbonyl (C=O) groups excluding carboxylic acids is 2. The molecule has 1 fully saturated rings. The summed E-state index contributed by atoms with van der Waals surface area (Å²) in [6.07, 6.45) is 0.918. The second-order valence-electron chi connectivity index (χ2n) is 9.23. The Hall–Kier alpha value is -3.72. The molecule has 3 aromatic carbocycles. The zero-order valence-corrected chi connectivity index (χ0v) is 21.8. The highest BCUT2D eigenvalue weighted by Crippen LogP contribution is 2.28. The zero-order chi connectivity index (χ0) is 26.7. The summed E-state index contributed by atoms with van der Waals surface area (Å²) in [7, 11) is -2.27. The van der Waals surface area contributed by atoms with Crippen LogP contribution in [-0.4, -0.2) is 45.3 Å². The number of ether oxygens (including phenoxy) is 1. The van der Waals surface area contributed by atoms with Gasteiger partial charge < -0.3 is 9.64 Å². The lowest BCUT2D eigenvalue weighted by Crippen LogP contribution is -2.41. The van der Waals surface area contributed by atoms with Gasteiger partial charge in [0.2, 0.25) is 0 Å². The van der Waals surface area contributed by atoms with Crippen molar-refractivity contribution in [2.75, 3.05) is 24.4 Å². The topological polar surface area (TPSA) is 84.0 Å². The van der Waals surface area contributed by atoms with Crippen molar-refractivity contribution in [2.45, 2.75) is 31.6 Å². The minimum absolute atomic E-state index is 0.192. The van der Waals surface area contributed by atoms with Crippen molar-refractivity contribution in [2.24, 2.45) is 5.92 Å². The molecular weight excluding hydrogens is 495 g/mol. The molecular formula is C28H29FN2O5S. The van der Waals surface area contributed by atoms with Gasteiger partial charge in [-0.2, -0.15) is 0 Å². The van der Waals surface area contributed by atoms with E-state index in [0.717, 1.165) is 5.56 Å². The van der Waals surface area contributed by atoms with Crippen molar-refractivity contribution < 1.29 is 27.1 Å². The van der Waals surface area contributed by atoms with Crippen molar-refractivity contribution in [3.8, 4) is 5.75 Å². The number of esters is 1. The predicted molar refractivity (Wildman–Crippen MR) is 139 cm³/mol. The van der Waals surface area contributed by atoms with Gasteiger partial charge in [-0.15, -0.1) is 0 Å². The molecule has 1 aliphatic rings. The summed E-state index contributed by atoms with van der Waals surface area (Å²) in [4.78, 5) is 27.2. The number of carbonyl (C=O) groups is 2. The number of sulfonamides is 1. The molecule has 0 saturated carbocycles. The maximum atomic E-state index is 13.2. The van der Waals surface area contributed by atoms with E-state index in [9.17, 15) is 22.4 Å². The minimum Gasteiger partial charge on any atom is -0.426 e. The number of benzene rings is 3. The Morgan fingerprint density at radius 1 is 0.946 bits per heavy atom. The molecule has 7 nitrogen and oxygen atoms in total. The summed E-state index contributed by atoms with van der Waals surface area (Å²) in [6, 6.07) is 17.0. The van der Waals surface area contributed by atoms with E-state index in [1.165, 1.54) is 35.6 Å². The molecule has 0 aliphatic carbocycles. The van der Waals surface area contributed by atoms with Crippen LogP contribution in [0, 0.1) is 25.6 Å². The summed E-state index contributed by atoms with van der Waals surface area (Å²) in [5.74, 6) is -1.03. The molecule has 0 atom stereocenters. The first-order valence-corrected chi connectivity index (χ1v) is 13.4. The molecule has 1 heterocycles. The molecule has 0 bridgehead atoms. The molecule has 0 aromatic heterocycles. The van der Waals surface area contributed by atoms with E-state index in [1.54, 1.807) is 48.2 Å². The number of amides is 1. The highest BCUT2D eigenvalue weighted by molar-refractivity contribution is 7.92. The van der Waals surface area contributed by atoms with Crippen LogP contribution in [0.3, 0.4) is 0 Å². The largest absolute Gasteiger partial charge is 0.426 e. The maximum absolute atomic E-state index is 13.2. The fraction of sp³-hybridized carbons (Fsp3) is 0.286. The lowest BCUT2D eigenvalue weighted by molar-refractivity contribution is -0.140. The zero-order valence-electron chi connectivity index (χ0n) is 21.0. The highest BCUT2D eigenvalue weighted by Gasteiger charge is 2.29. The molecule has 0 N–H and O–H groups in total. The van der Waals surface area contributed by atoms with Gasteiger partial charge in [0.05, 0.1) is 16.5 Å². The summed E-state index contributed by atoms with van der Waals surface area (Å²) < 4.78 is 46.2. The second-order valence-corrected chi connectivity index (χ2v) is 11.2. The Bertz CT molecular complexity index is 1400. The monoisotopic (exact) mass is 524 g/mol. The molecule has 0 unspecified atom stereocenters. The number of piperidine rings is 1. The van der Waals surface area contributed by atoms with Crippen LogP contribution in [0.25, 0.3) is 0 Å². The average Bonchev–Trinajstić information content (AvgIpc) is 2.90. The van der Waals surface area contributed by atoms with Crippen molar-refractivity contribution >= 4 is 27.6 Å². The summed E-state index contributed by atoms with van der Waals surface area (Å²) in [5, 5.41) is 0. The number of hydrogen-bond donors (Lipinski definition) is 0. The van der Waals surface area contributed by atoms with Gasteiger partial charge in [-0.3, -0.25) is 13.9 Å². The van der Waals surface area contributed by atoms with E-state index >= 15 is 0 Å². The molecule has 0 spiro atoms. The van der Waals surface area contributed by atoms with E-state index in [1.807, 2.05) is 13.0 Å². The third-order valence-corrected chi connectivity index (χ3v) is 8.54. The van der Waals surface area contributed by atoms with Gasteiger partial charge in [0.1, 0.15) is 11.6 Å². The van der Waals surface area contributed by atoms with Gasteiger partial charge in [-0.1, -0.05) is 12.1 Å². The third kappa shape index (κ3) is 5.83. The van der Waals surface area contributed by atoms with Gasteiger partial charge in [-0.05, 0) is 92.4 Å². The van der Waals surface area contributed by atoms with E-state index in [4.69, 9.17) is 4.74 Å². The fourth-order valence-corrected chi connectivity index (χ4v) is 5.79. The van der Waals surface area contributed by atoms with Crippen molar-refractivity contribution in [1.29, 1.82) is 0 Å². The summed E-state index contributed by atoms with van der Waals surface area (Å²) >= 11 is 0. The molecule has 1 aliphatic heterocycles. The molecule has 1 saturated heterocycles. The first kappa shape index (κ1) is 26.3.